The Balaban J connectivity index is 0.00000456. The van der Waals surface area contributed by atoms with Gasteiger partial charge in [0.05, 0.1) is 21.9 Å². The molecule has 0 spiro atoms. The maximum atomic E-state index is 13.2. The number of ether oxygens (including phenoxy) is 1. The Morgan fingerprint density at radius 3 is 2.44 bits per heavy atom. The molecule has 0 saturated carbocycles. The van der Waals surface area contributed by atoms with Crippen LogP contribution in [0.3, 0.4) is 0 Å². The first-order valence-corrected chi connectivity index (χ1v) is 12.9. The summed E-state index contributed by atoms with van der Waals surface area (Å²) in [6.45, 7) is 3.60. The molecule has 2 N–H and O–H groups in total. The summed E-state index contributed by atoms with van der Waals surface area (Å²) in [5.74, 6) is -1.17. The van der Waals surface area contributed by atoms with E-state index in [0.717, 1.165) is 11.1 Å². The molecule has 36 heavy (non-hydrogen) atoms. The molecule has 0 aliphatic rings. The minimum Gasteiger partial charge on any atom is -0.546 e. The SMILES string of the molecule is Cc1ccc(S(=O)(=O)c2ccc(CCNC[C@H](O)c3cccc(Cl)c3)cc2)c(C)c1OCC(=O)[O-].[Na+]. The van der Waals surface area contributed by atoms with Gasteiger partial charge in [-0.05, 0) is 73.8 Å². The van der Waals surface area contributed by atoms with Crippen molar-refractivity contribution in [2.75, 3.05) is 19.7 Å². The van der Waals surface area contributed by atoms with Crippen LogP contribution >= 0.6 is 11.6 Å². The van der Waals surface area contributed by atoms with Crippen LogP contribution in [0.5, 0.6) is 5.75 Å². The van der Waals surface area contributed by atoms with E-state index in [-0.39, 0.29) is 45.1 Å². The van der Waals surface area contributed by atoms with Gasteiger partial charge in [-0.15, -0.1) is 0 Å². The van der Waals surface area contributed by atoms with Crippen molar-refractivity contribution in [2.45, 2.75) is 36.2 Å². The number of aliphatic hydroxyl groups is 1. The van der Waals surface area contributed by atoms with Crippen LogP contribution in [0, 0.1) is 13.8 Å². The van der Waals surface area contributed by atoms with Crippen molar-refractivity contribution >= 4 is 27.4 Å². The molecule has 0 aromatic heterocycles. The zero-order valence-electron chi connectivity index (χ0n) is 20.5. The monoisotopic (exact) mass is 539 g/mol. The molecule has 10 heteroatoms. The number of hydrogen-bond acceptors (Lipinski definition) is 7. The van der Waals surface area contributed by atoms with Gasteiger partial charge in [0.25, 0.3) is 0 Å². The smallest absolute Gasteiger partial charge is 0.546 e. The van der Waals surface area contributed by atoms with Crippen LogP contribution in [-0.4, -0.2) is 39.2 Å². The van der Waals surface area contributed by atoms with Gasteiger partial charge in [-0.3, -0.25) is 0 Å². The molecular formula is C26H27ClNNaO6S. The molecular weight excluding hydrogens is 513 g/mol. The van der Waals surface area contributed by atoms with E-state index >= 15 is 0 Å². The third-order valence-corrected chi connectivity index (χ3v) is 7.72. The minimum absolute atomic E-state index is 0. The minimum atomic E-state index is -3.84. The first-order valence-electron chi connectivity index (χ1n) is 11.0. The van der Waals surface area contributed by atoms with Gasteiger partial charge in [-0.2, -0.15) is 0 Å². The van der Waals surface area contributed by atoms with Crippen LogP contribution in [0.25, 0.3) is 0 Å². The molecule has 3 rings (SSSR count). The van der Waals surface area contributed by atoms with Crippen LogP contribution in [0.2, 0.25) is 5.02 Å². The summed E-state index contributed by atoms with van der Waals surface area (Å²) in [6.07, 6.45) is -0.0347. The molecule has 186 valence electrons. The molecule has 0 radical (unpaired) electrons. The van der Waals surface area contributed by atoms with Crippen molar-refractivity contribution in [2.24, 2.45) is 0 Å². The molecule has 3 aromatic carbocycles. The standard InChI is InChI=1S/C26H28ClNO6S.Na/c1-17-6-11-24(18(2)26(17)34-16-25(30)31)35(32,33)22-9-7-19(8-10-22)12-13-28-15-23(29)20-4-3-5-21(27)14-20;/h3-11,14,23,28-29H,12-13,15-16H2,1-2H3,(H,30,31);/q;+1/p-1/t23-;/m0./s1. The number of aliphatic hydroxyl groups excluding tert-OH is 1. The van der Waals surface area contributed by atoms with Gasteiger partial charge in [0, 0.05) is 17.1 Å². The maximum absolute atomic E-state index is 13.2. The number of aryl methyl sites for hydroxylation is 1. The number of aliphatic carboxylic acids is 1. The second-order valence-corrected chi connectivity index (χ2v) is 10.5. The third-order valence-electron chi connectivity index (χ3n) is 5.57. The summed E-state index contributed by atoms with van der Waals surface area (Å²) in [4.78, 5) is 10.9. The molecule has 3 aromatic rings. The average molecular weight is 540 g/mol. The first-order chi connectivity index (χ1) is 16.6. The summed E-state index contributed by atoms with van der Waals surface area (Å²) >= 11 is 5.96. The Morgan fingerprint density at radius 2 is 1.81 bits per heavy atom. The van der Waals surface area contributed by atoms with Gasteiger partial charge in [0.2, 0.25) is 9.84 Å². The first kappa shape index (κ1) is 30.3. The fraction of sp³-hybridized carbons (Fsp3) is 0.269. The second kappa shape index (κ2) is 13.6. The number of carbonyl (C=O) groups is 1. The van der Waals surface area contributed by atoms with Crippen LogP contribution in [0.15, 0.2) is 70.5 Å². The van der Waals surface area contributed by atoms with Crippen LogP contribution in [0.4, 0.5) is 0 Å². The second-order valence-electron chi connectivity index (χ2n) is 8.17. The zero-order valence-corrected chi connectivity index (χ0v) is 24.0. The normalized spacial score (nSPS) is 12.0. The molecule has 0 aliphatic carbocycles. The number of rotatable bonds is 11. The molecule has 0 unspecified atom stereocenters. The summed E-state index contributed by atoms with van der Waals surface area (Å²) in [7, 11) is -3.84. The number of benzene rings is 3. The Hall–Kier alpha value is -1.91. The Bertz CT molecular complexity index is 1300. The Labute approximate surface area is 238 Å². The van der Waals surface area contributed by atoms with Crippen molar-refractivity contribution in [3.63, 3.8) is 0 Å². The van der Waals surface area contributed by atoms with E-state index in [1.54, 1.807) is 62.4 Å². The fourth-order valence-corrected chi connectivity index (χ4v) is 5.41. The van der Waals surface area contributed by atoms with E-state index < -0.39 is 28.5 Å². The van der Waals surface area contributed by atoms with Gasteiger partial charge in [-0.25, -0.2) is 8.42 Å². The van der Waals surface area contributed by atoms with Gasteiger partial charge >= 0.3 is 29.6 Å². The Morgan fingerprint density at radius 1 is 1.11 bits per heavy atom. The molecule has 0 aliphatic heterocycles. The topological polar surface area (TPSA) is 116 Å². The van der Waals surface area contributed by atoms with Crippen LogP contribution in [-0.2, 0) is 21.1 Å². The molecule has 0 fully saturated rings. The van der Waals surface area contributed by atoms with Crippen LogP contribution < -0.4 is 44.7 Å². The van der Waals surface area contributed by atoms with E-state index in [9.17, 15) is 23.4 Å². The van der Waals surface area contributed by atoms with Crippen molar-refractivity contribution in [1.82, 2.24) is 5.32 Å². The van der Waals surface area contributed by atoms with E-state index in [4.69, 9.17) is 16.3 Å². The number of hydrogen-bond donors (Lipinski definition) is 2. The van der Waals surface area contributed by atoms with E-state index in [1.165, 1.54) is 6.07 Å². The molecule has 0 heterocycles. The van der Waals surface area contributed by atoms with Crippen molar-refractivity contribution in [3.05, 3.63) is 87.9 Å². The van der Waals surface area contributed by atoms with Crippen molar-refractivity contribution in [3.8, 4) is 5.75 Å². The number of nitrogens with one attached hydrogen (secondary N) is 1. The Kier molecular flexibility index (Phi) is 11.4. The molecule has 7 nitrogen and oxygen atoms in total. The van der Waals surface area contributed by atoms with Crippen molar-refractivity contribution in [1.29, 1.82) is 0 Å². The number of sulfone groups is 1. The van der Waals surface area contributed by atoms with Crippen molar-refractivity contribution < 1.29 is 57.7 Å². The number of carbonyl (C=O) groups excluding carboxylic acids is 1. The van der Waals surface area contributed by atoms with Crippen LogP contribution in [0.1, 0.15) is 28.4 Å². The third kappa shape index (κ3) is 7.79. The zero-order chi connectivity index (χ0) is 25.6. The number of carboxylic acid groups (broad SMARTS) is 1. The number of halogens is 1. The quantitative estimate of drug-likeness (QED) is 0.256. The summed E-state index contributed by atoms with van der Waals surface area (Å²) in [5.41, 5.74) is 2.65. The van der Waals surface area contributed by atoms with Gasteiger partial charge in [0.15, 0.2) is 0 Å². The predicted molar refractivity (Wildman–Crippen MR) is 131 cm³/mol. The predicted octanol–water partition coefficient (Wildman–Crippen LogP) is -0.212. The number of carboxylic acids is 1. The molecule has 0 amide bonds. The fourth-order valence-electron chi connectivity index (χ4n) is 3.72. The van der Waals surface area contributed by atoms with Gasteiger partial charge in [0.1, 0.15) is 12.4 Å². The summed E-state index contributed by atoms with van der Waals surface area (Å²) in [6, 6.07) is 16.7. The molecule has 0 saturated heterocycles. The van der Waals surface area contributed by atoms with E-state index in [0.29, 0.717) is 35.7 Å². The van der Waals surface area contributed by atoms with Gasteiger partial charge < -0.3 is 25.1 Å². The molecule has 0 bridgehead atoms. The van der Waals surface area contributed by atoms with E-state index in [1.807, 2.05) is 6.07 Å². The summed E-state index contributed by atoms with van der Waals surface area (Å²) in [5, 5.41) is 24.8. The maximum Gasteiger partial charge on any atom is 1.00 e. The largest absolute Gasteiger partial charge is 1.00 e. The van der Waals surface area contributed by atoms with Gasteiger partial charge in [-0.1, -0.05) is 41.9 Å². The molecule has 1 atom stereocenters. The summed E-state index contributed by atoms with van der Waals surface area (Å²) < 4.78 is 31.7. The average Bonchev–Trinajstić information content (AvgIpc) is 2.81. The van der Waals surface area contributed by atoms with E-state index in [2.05, 4.69) is 5.32 Å².